The van der Waals surface area contributed by atoms with E-state index in [1.807, 2.05) is 32.0 Å². The Morgan fingerprint density at radius 2 is 2.10 bits per heavy atom. The molecule has 3 aromatic heterocycles. The second kappa shape index (κ2) is 8.05. The average molecular weight is 444 g/mol. The van der Waals surface area contributed by atoms with Gasteiger partial charge in [0.2, 0.25) is 0 Å². The third kappa shape index (κ3) is 4.09. The van der Waals surface area contributed by atoms with Crippen molar-refractivity contribution in [2.45, 2.75) is 30.9 Å². The van der Waals surface area contributed by atoms with Crippen LogP contribution in [0.25, 0.3) is 10.2 Å². The van der Waals surface area contributed by atoms with Gasteiger partial charge >= 0.3 is 0 Å². The zero-order valence-electron chi connectivity index (χ0n) is 15.9. The van der Waals surface area contributed by atoms with Gasteiger partial charge < -0.3 is 10.3 Å². The largest absolute Gasteiger partial charge is 0.321 e. The molecule has 0 unspecified atom stereocenters. The Hall–Kier alpha value is -2.56. The number of aromatic amines is 1. The number of aromatic nitrogens is 4. The first kappa shape index (κ1) is 19.7. The number of hydrogen-bond donors (Lipinski definition) is 2. The highest BCUT2D eigenvalue weighted by Crippen LogP contribution is 2.29. The van der Waals surface area contributed by atoms with E-state index in [0.717, 1.165) is 21.2 Å². The van der Waals surface area contributed by atoms with Gasteiger partial charge in [0.25, 0.3) is 11.5 Å². The Bertz CT molecular complexity index is 1260. The molecule has 4 rings (SSSR count). The van der Waals surface area contributed by atoms with Crippen LogP contribution in [-0.4, -0.2) is 26.1 Å². The maximum absolute atomic E-state index is 12.9. The van der Waals surface area contributed by atoms with Crippen molar-refractivity contribution in [2.24, 2.45) is 0 Å². The normalized spacial score (nSPS) is 11.1. The lowest BCUT2D eigenvalue weighted by atomic mass is 10.1. The average Bonchev–Trinajstić information content (AvgIpc) is 3.30. The van der Waals surface area contributed by atoms with Gasteiger partial charge in [-0.05, 0) is 38.0 Å². The number of nitrogens with one attached hydrogen (secondary N) is 2. The first-order valence-electron chi connectivity index (χ1n) is 8.72. The highest BCUT2D eigenvalue weighted by atomic mass is 32.2. The number of H-pyrrole nitrogens is 1. The third-order valence-corrected chi connectivity index (χ3v) is 7.41. The van der Waals surface area contributed by atoms with Gasteiger partial charge in [0.15, 0.2) is 4.34 Å². The minimum absolute atomic E-state index is 0.234. The summed E-state index contributed by atoms with van der Waals surface area (Å²) < 4.78 is 0.809. The molecule has 1 amide bonds. The summed E-state index contributed by atoms with van der Waals surface area (Å²) in [6.07, 6.45) is 0. The summed E-state index contributed by atoms with van der Waals surface area (Å²) >= 11 is 4.12. The predicted octanol–water partition coefficient (Wildman–Crippen LogP) is 4.31. The molecule has 4 aromatic rings. The summed E-state index contributed by atoms with van der Waals surface area (Å²) in [6, 6.07) is 5.86. The molecule has 29 heavy (non-hydrogen) atoms. The molecule has 0 radical (unpaired) electrons. The lowest BCUT2D eigenvalue weighted by molar-refractivity contribution is 0.103. The van der Waals surface area contributed by atoms with Gasteiger partial charge in [0, 0.05) is 5.69 Å². The van der Waals surface area contributed by atoms with Crippen molar-refractivity contribution in [2.75, 3.05) is 5.32 Å². The third-order valence-electron chi connectivity index (χ3n) is 4.36. The highest BCUT2D eigenvalue weighted by molar-refractivity contribution is 8.00. The smallest absolute Gasteiger partial charge is 0.266 e. The standard InChI is InChI=1S/C19H17N5O2S3/c1-9-4-5-12(10(2)6-9)21-17(26)15-11(3)14-16(25)22-13(23-18(14)29-15)7-27-19-24-20-8-28-19/h4-6,8H,7H2,1-3H3,(H,21,26)(H,22,23,25). The van der Waals surface area contributed by atoms with Crippen molar-refractivity contribution in [3.63, 3.8) is 0 Å². The van der Waals surface area contributed by atoms with Crippen LogP contribution in [0, 0.1) is 20.8 Å². The Morgan fingerprint density at radius 3 is 2.83 bits per heavy atom. The van der Waals surface area contributed by atoms with Gasteiger partial charge in [-0.2, -0.15) is 0 Å². The molecule has 2 N–H and O–H groups in total. The van der Waals surface area contributed by atoms with E-state index in [0.29, 0.717) is 32.2 Å². The molecule has 0 atom stereocenters. The summed E-state index contributed by atoms with van der Waals surface area (Å²) in [5, 5.41) is 11.2. The number of benzene rings is 1. The Balaban J connectivity index is 1.63. The summed E-state index contributed by atoms with van der Waals surface area (Å²) in [5.41, 5.74) is 4.95. The van der Waals surface area contributed by atoms with Crippen LogP contribution in [0.5, 0.6) is 0 Å². The van der Waals surface area contributed by atoms with Crippen molar-refractivity contribution in [3.8, 4) is 0 Å². The molecule has 0 aliphatic heterocycles. The molecule has 0 spiro atoms. The second-order valence-electron chi connectivity index (χ2n) is 6.51. The molecule has 0 aliphatic rings. The van der Waals surface area contributed by atoms with Gasteiger partial charge in [-0.3, -0.25) is 9.59 Å². The van der Waals surface area contributed by atoms with E-state index in [1.54, 1.807) is 12.4 Å². The molecule has 0 bridgehead atoms. The summed E-state index contributed by atoms with van der Waals surface area (Å²) in [7, 11) is 0. The molecular weight excluding hydrogens is 426 g/mol. The van der Waals surface area contributed by atoms with Gasteiger partial charge in [-0.15, -0.1) is 21.5 Å². The highest BCUT2D eigenvalue weighted by Gasteiger charge is 2.20. The first-order chi connectivity index (χ1) is 13.9. The monoisotopic (exact) mass is 443 g/mol. The van der Waals surface area contributed by atoms with E-state index in [2.05, 4.69) is 25.5 Å². The number of carbonyl (C=O) groups is 1. The van der Waals surface area contributed by atoms with E-state index >= 15 is 0 Å². The molecule has 0 saturated carbocycles. The van der Waals surface area contributed by atoms with Crippen molar-refractivity contribution >= 4 is 56.2 Å². The number of amides is 1. The van der Waals surface area contributed by atoms with Gasteiger partial charge in [0.05, 0.1) is 16.0 Å². The quantitative estimate of drug-likeness (QED) is 0.446. The SMILES string of the molecule is Cc1ccc(NC(=O)c2sc3nc(CSc4nncs4)[nH]c(=O)c3c2C)c(C)c1. The molecule has 0 aliphatic carbocycles. The lowest BCUT2D eigenvalue weighted by Gasteiger charge is -2.08. The Labute approximate surface area is 178 Å². The fourth-order valence-electron chi connectivity index (χ4n) is 2.96. The summed E-state index contributed by atoms with van der Waals surface area (Å²) in [6.45, 7) is 5.74. The maximum atomic E-state index is 12.9. The van der Waals surface area contributed by atoms with Crippen LogP contribution in [0.1, 0.15) is 32.2 Å². The molecular formula is C19H17N5O2S3. The lowest BCUT2D eigenvalue weighted by Crippen LogP contribution is -2.13. The van der Waals surface area contributed by atoms with Crippen LogP contribution in [0.2, 0.25) is 0 Å². The second-order valence-corrected chi connectivity index (χ2v) is 9.57. The summed E-state index contributed by atoms with van der Waals surface area (Å²) in [4.78, 5) is 33.9. The molecule has 10 heteroatoms. The minimum atomic E-state index is -0.235. The van der Waals surface area contributed by atoms with E-state index < -0.39 is 0 Å². The number of fused-ring (bicyclic) bond motifs is 1. The molecule has 3 heterocycles. The van der Waals surface area contributed by atoms with Crippen LogP contribution < -0.4 is 10.9 Å². The fourth-order valence-corrected chi connectivity index (χ4v) is 5.42. The van der Waals surface area contributed by atoms with Crippen LogP contribution in [-0.2, 0) is 5.75 Å². The van der Waals surface area contributed by atoms with Crippen molar-refractivity contribution in [1.82, 2.24) is 20.2 Å². The number of anilines is 1. The zero-order valence-corrected chi connectivity index (χ0v) is 18.3. The van der Waals surface area contributed by atoms with E-state index in [9.17, 15) is 9.59 Å². The molecule has 7 nitrogen and oxygen atoms in total. The molecule has 1 aromatic carbocycles. The van der Waals surface area contributed by atoms with Crippen LogP contribution in [0.15, 0.2) is 32.8 Å². The zero-order chi connectivity index (χ0) is 20.5. The Kier molecular flexibility index (Phi) is 5.48. The van der Waals surface area contributed by atoms with Gasteiger partial charge in [0.1, 0.15) is 16.2 Å². The molecule has 148 valence electrons. The number of hydrogen-bond acceptors (Lipinski definition) is 8. The maximum Gasteiger partial charge on any atom is 0.266 e. The number of thiophene rings is 1. The van der Waals surface area contributed by atoms with Crippen LogP contribution >= 0.6 is 34.4 Å². The van der Waals surface area contributed by atoms with E-state index in [-0.39, 0.29) is 11.5 Å². The van der Waals surface area contributed by atoms with Gasteiger partial charge in [-0.25, -0.2) is 4.98 Å². The van der Waals surface area contributed by atoms with Crippen molar-refractivity contribution in [3.05, 3.63) is 61.5 Å². The van der Waals surface area contributed by atoms with Crippen molar-refractivity contribution in [1.29, 1.82) is 0 Å². The number of aryl methyl sites for hydroxylation is 3. The minimum Gasteiger partial charge on any atom is -0.321 e. The number of nitrogens with zero attached hydrogens (tertiary/aromatic N) is 3. The molecule has 0 fully saturated rings. The van der Waals surface area contributed by atoms with E-state index in [4.69, 9.17) is 0 Å². The topological polar surface area (TPSA) is 101 Å². The van der Waals surface area contributed by atoms with Crippen LogP contribution in [0.4, 0.5) is 5.69 Å². The number of thioether (sulfide) groups is 1. The van der Waals surface area contributed by atoms with Gasteiger partial charge in [-0.1, -0.05) is 40.8 Å². The fraction of sp³-hybridized carbons (Fsp3) is 0.211. The first-order valence-corrected chi connectivity index (χ1v) is 11.4. The van der Waals surface area contributed by atoms with Crippen molar-refractivity contribution < 1.29 is 4.79 Å². The van der Waals surface area contributed by atoms with Crippen LogP contribution in [0.3, 0.4) is 0 Å². The summed E-state index contributed by atoms with van der Waals surface area (Å²) in [5.74, 6) is 0.786. The predicted molar refractivity (Wildman–Crippen MR) is 118 cm³/mol. The number of rotatable bonds is 5. The Morgan fingerprint density at radius 1 is 1.28 bits per heavy atom. The van der Waals surface area contributed by atoms with E-state index in [1.165, 1.54) is 34.4 Å². The number of carbonyl (C=O) groups excluding carboxylic acids is 1. The molecule has 0 saturated heterocycles.